The van der Waals surface area contributed by atoms with E-state index in [1.54, 1.807) is 0 Å². The average molecular weight is 215 g/mol. The number of nitrogens with one attached hydrogen (secondary N) is 1. The first-order valence-electron chi connectivity index (χ1n) is 5.69. The number of benzene rings is 1. The zero-order valence-corrected chi connectivity index (χ0v) is 9.36. The molecule has 0 bridgehead atoms. The second-order valence-corrected chi connectivity index (χ2v) is 3.84. The maximum absolute atomic E-state index is 5.60. The highest BCUT2D eigenvalue weighted by Crippen LogP contribution is 2.03. The van der Waals surface area contributed by atoms with Gasteiger partial charge in [-0.05, 0) is 30.5 Å². The lowest BCUT2D eigenvalue weighted by molar-refractivity contribution is 0.118. The number of aromatic amines is 1. The third kappa shape index (κ3) is 3.55. The standard InChI is InChI=1S/C14H17NO/c1-2-6-13(7-3-1)12-16-11-5-9-14-8-4-10-15-14/h1-4,6-8,10,15H,5,9,11-12H2. The van der Waals surface area contributed by atoms with Crippen LogP contribution in [-0.4, -0.2) is 11.6 Å². The van der Waals surface area contributed by atoms with Gasteiger partial charge in [0.05, 0.1) is 6.61 Å². The molecule has 2 heteroatoms. The van der Waals surface area contributed by atoms with E-state index in [0.29, 0.717) is 6.61 Å². The van der Waals surface area contributed by atoms with Crippen LogP contribution >= 0.6 is 0 Å². The molecule has 0 amide bonds. The van der Waals surface area contributed by atoms with Gasteiger partial charge in [-0.2, -0.15) is 0 Å². The third-order valence-electron chi connectivity index (χ3n) is 2.51. The Balaban J connectivity index is 1.59. The Hall–Kier alpha value is -1.54. The molecule has 0 spiro atoms. The van der Waals surface area contributed by atoms with Gasteiger partial charge in [0.1, 0.15) is 0 Å². The van der Waals surface area contributed by atoms with Gasteiger partial charge in [0, 0.05) is 18.5 Å². The quantitative estimate of drug-likeness (QED) is 0.736. The molecule has 0 fully saturated rings. The predicted octanol–water partition coefficient (Wildman–Crippen LogP) is 3.16. The van der Waals surface area contributed by atoms with Crippen molar-refractivity contribution in [3.63, 3.8) is 0 Å². The van der Waals surface area contributed by atoms with Crippen molar-refractivity contribution >= 4 is 0 Å². The maximum atomic E-state index is 5.60. The van der Waals surface area contributed by atoms with Crippen LogP contribution in [0.25, 0.3) is 0 Å². The highest BCUT2D eigenvalue weighted by atomic mass is 16.5. The van der Waals surface area contributed by atoms with Crippen LogP contribution in [0.3, 0.4) is 0 Å². The largest absolute Gasteiger partial charge is 0.377 e. The number of aromatic nitrogens is 1. The summed E-state index contributed by atoms with van der Waals surface area (Å²) in [7, 11) is 0. The highest BCUT2D eigenvalue weighted by Gasteiger charge is 1.94. The minimum absolute atomic E-state index is 0.714. The molecule has 2 nitrogen and oxygen atoms in total. The molecule has 0 unspecified atom stereocenters. The highest BCUT2D eigenvalue weighted by molar-refractivity contribution is 5.13. The van der Waals surface area contributed by atoms with Crippen LogP contribution in [0.2, 0.25) is 0 Å². The van der Waals surface area contributed by atoms with Crippen molar-refractivity contribution in [2.45, 2.75) is 19.4 Å². The van der Waals surface area contributed by atoms with Crippen molar-refractivity contribution in [2.75, 3.05) is 6.61 Å². The van der Waals surface area contributed by atoms with Gasteiger partial charge in [0.15, 0.2) is 0 Å². The van der Waals surface area contributed by atoms with Crippen LogP contribution < -0.4 is 0 Å². The Morgan fingerprint density at radius 3 is 2.62 bits per heavy atom. The van der Waals surface area contributed by atoms with Crippen molar-refractivity contribution in [3.8, 4) is 0 Å². The van der Waals surface area contributed by atoms with Crippen LogP contribution in [0.1, 0.15) is 17.7 Å². The Morgan fingerprint density at radius 1 is 1.00 bits per heavy atom. The molecular formula is C14H17NO. The first-order valence-corrected chi connectivity index (χ1v) is 5.69. The zero-order valence-electron chi connectivity index (χ0n) is 9.36. The molecule has 1 N–H and O–H groups in total. The van der Waals surface area contributed by atoms with E-state index >= 15 is 0 Å². The lowest BCUT2D eigenvalue weighted by Crippen LogP contribution is -1.97. The molecule has 1 heterocycles. The van der Waals surface area contributed by atoms with E-state index in [4.69, 9.17) is 4.74 Å². The van der Waals surface area contributed by atoms with Crippen LogP contribution in [0.15, 0.2) is 48.7 Å². The van der Waals surface area contributed by atoms with Gasteiger partial charge in [-0.3, -0.25) is 0 Å². The van der Waals surface area contributed by atoms with E-state index in [-0.39, 0.29) is 0 Å². The third-order valence-corrected chi connectivity index (χ3v) is 2.51. The molecule has 0 atom stereocenters. The molecule has 84 valence electrons. The Labute approximate surface area is 96.3 Å². The summed E-state index contributed by atoms with van der Waals surface area (Å²) in [6.45, 7) is 1.53. The number of rotatable bonds is 6. The van der Waals surface area contributed by atoms with Gasteiger partial charge in [0.25, 0.3) is 0 Å². The molecule has 0 saturated carbocycles. The van der Waals surface area contributed by atoms with Gasteiger partial charge in [-0.25, -0.2) is 0 Å². The number of aryl methyl sites for hydroxylation is 1. The Bertz CT molecular complexity index is 380. The number of hydrogen-bond acceptors (Lipinski definition) is 1. The van der Waals surface area contributed by atoms with Crippen molar-refractivity contribution in [1.29, 1.82) is 0 Å². The first kappa shape index (κ1) is 11.0. The van der Waals surface area contributed by atoms with E-state index in [1.165, 1.54) is 11.3 Å². The molecule has 1 aromatic carbocycles. The van der Waals surface area contributed by atoms with Gasteiger partial charge in [-0.1, -0.05) is 30.3 Å². The molecule has 0 radical (unpaired) electrons. The number of H-pyrrole nitrogens is 1. The fourth-order valence-electron chi connectivity index (χ4n) is 1.65. The summed E-state index contributed by atoms with van der Waals surface area (Å²) in [6.07, 6.45) is 4.08. The van der Waals surface area contributed by atoms with Crippen LogP contribution in [0.5, 0.6) is 0 Å². The van der Waals surface area contributed by atoms with E-state index in [1.807, 2.05) is 30.5 Å². The monoisotopic (exact) mass is 215 g/mol. The van der Waals surface area contributed by atoms with Crippen LogP contribution in [0, 0.1) is 0 Å². The lowest BCUT2D eigenvalue weighted by Gasteiger charge is -2.03. The second-order valence-electron chi connectivity index (χ2n) is 3.84. The Morgan fingerprint density at radius 2 is 1.88 bits per heavy atom. The topological polar surface area (TPSA) is 25.0 Å². The normalized spacial score (nSPS) is 10.5. The molecule has 2 rings (SSSR count). The zero-order chi connectivity index (χ0) is 11.1. The summed E-state index contributed by atoms with van der Waals surface area (Å²) in [5.74, 6) is 0. The maximum Gasteiger partial charge on any atom is 0.0716 e. The summed E-state index contributed by atoms with van der Waals surface area (Å²) in [5, 5.41) is 0. The SMILES string of the molecule is c1ccc(COCCCc2ccc[nH]2)cc1. The van der Waals surface area contributed by atoms with E-state index in [0.717, 1.165) is 19.4 Å². The summed E-state index contributed by atoms with van der Waals surface area (Å²) in [5.41, 5.74) is 2.52. The van der Waals surface area contributed by atoms with E-state index < -0.39 is 0 Å². The molecule has 2 aromatic rings. The van der Waals surface area contributed by atoms with E-state index in [9.17, 15) is 0 Å². The van der Waals surface area contributed by atoms with Gasteiger partial charge >= 0.3 is 0 Å². The summed E-state index contributed by atoms with van der Waals surface area (Å²) in [6, 6.07) is 14.4. The number of hydrogen-bond donors (Lipinski definition) is 1. The lowest BCUT2D eigenvalue weighted by atomic mass is 10.2. The summed E-state index contributed by atoms with van der Waals surface area (Å²) >= 11 is 0. The summed E-state index contributed by atoms with van der Waals surface area (Å²) < 4.78 is 5.60. The van der Waals surface area contributed by atoms with Crippen LogP contribution in [-0.2, 0) is 17.8 Å². The molecule has 16 heavy (non-hydrogen) atoms. The molecule has 1 aromatic heterocycles. The van der Waals surface area contributed by atoms with Gasteiger partial charge < -0.3 is 9.72 Å². The van der Waals surface area contributed by atoms with Crippen molar-refractivity contribution in [3.05, 3.63) is 59.9 Å². The van der Waals surface area contributed by atoms with Crippen molar-refractivity contribution in [2.24, 2.45) is 0 Å². The van der Waals surface area contributed by atoms with E-state index in [2.05, 4.69) is 23.2 Å². The minimum Gasteiger partial charge on any atom is -0.377 e. The molecule has 0 aliphatic heterocycles. The fourth-order valence-corrected chi connectivity index (χ4v) is 1.65. The molecule has 0 saturated heterocycles. The molecule has 0 aliphatic rings. The smallest absolute Gasteiger partial charge is 0.0716 e. The summed E-state index contributed by atoms with van der Waals surface area (Å²) in [4.78, 5) is 3.19. The Kier molecular flexibility index (Phi) is 4.20. The van der Waals surface area contributed by atoms with Gasteiger partial charge in [-0.15, -0.1) is 0 Å². The average Bonchev–Trinajstić information content (AvgIpc) is 2.83. The van der Waals surface area contributed by atoms with Crippen molar-refractivity contribution < 1.29 is 4.74 Å². The first-order chi connectivity index (χ1) is 7.95. The number of ether oxygens (including phenoxy) is 1. The second kappa shape index (κ2) is 6.13. The van der Waals surface area contributed by atoms with Gasteiger partial charge in [0.2, 0.25) is 0 Å². The molecular weight excluding hydrogens is 198 g/mol. The minimum atomic E-state index is 0.714. The van der Waals surface area contributed by atoms with Crippen molar-refractivity contribution in [1.82, 2.24) is 4.98 Å². The van der Waals surface area contributed by atoms with Crippen LogP contribution in [0.4, 0.5) is 0 Å². The predicted molar refractivity (Wildman–Crippen MR) is 65.2 cm³/mol. The fraction of sp³-hybridized carbons (Fsp3) is 0.286. The molecule has 0 aliphatic carbocycles.